The molecule has 3 heterocycles. The van der Waals surface area contributed by atoms with Crippen LogP contribution in [0.4, 0.5) is 5.82 Å². The molecular weight excluding hydrogens is 434 g/mol. The monoisotopic (exact) mass is 461 g/mol. The van der Waals surface area contributed by atoms with Gasteiger partial charge in [-0.25, -0.2) is 4.98 Å². The van der Waals surface area contributed by atoms with E-state index in [4.69, 9.17) is 15.6 Å². The van der Waals surface area contributed by atoms with E-state index in [1.807, 2.05) is 79.0 Å². The highest BCUT2D eigenvalue weighted by Crippen LogP contribution is 2.39. The Hall–Kier alpha value is -4.16. The summed E-state index contributed by atoms with van der Waals surface area (Å²) in [6.07, 6.45) is 4.07. The van der Waals surface area contributed by atoms with Crippen LogP contribution in [0.15, 0.2) is 91.1 Å². The molecule has 0 saturated carbocycles. The minimum absolute atomic E-state index is 0.255. The van der Waals surface area contributed by atoms with Crippen LogP contribution >= 0.6 is 0 Å². The molecule has 1 aliphatic rings. The lowest BCUT2D eigenvalue weighted by Gasteiger charge is -2.24. The van der Waals surface area contributed by atoms with Gasteiger partial charge in [-0.2, -0.15) is 5.10 Å². The van der Waals surface area contributed by atoms with Crippen molar-refractivity contribution in [2.45, 2.75) is 18.9 Å². The second kappa shape index (κ2) is 9.24. The van der Waals surface area contributed by atoms with Crippen molar-refractivity contribution < 1.29 is 4.74 Å². The Labute approximate surface area is 204 Å². The lowest BCUT2D eigenvalue weighted by Crippen LogP contribution is -2.32. The smallest absolute Gasteiger partial charge is 0.135 e. The SMILES string of the molecule is Nc1ncc(-c2ccccc2)c2c1c(-c1ccc(Oc3ccccc3)cc1)nn2C1CCCNC1. The Morgan fingerprint density at radius 2 is 1.57 bits per heavy atom. The summed E-state index contributed by atoms with van der Waals surface area (Å²) in [5, 5.41) is 9.58. The van der Waals surface area contributed by atoms with Gasteiger partial charge < -0.3 is 15.8 Å². The van der Waals surface area contributed by atoms with Crippen molar-refractivity contribution >= 4 is 16.7 Å². The Bertz CT molecular complexity index is 1440. The fourth-order valence-corrected chi connectivity index (χ4v) is 4.84. The Morgan fingerprint density at radius 1 is 0.857 bits per heavy atom. The molecule has 3 aromatic carbocycles. The van der Waals surface area contributed by atoms with Crippen LogP contribution in [-0.2, 0) is 0 Å². The minimum atomic E-state index is 0.255. The molecule has 5 aromatic rings. The van der Waals surface area contributed by atoms with E-state index < -0.39 is 0 Å². The number of benzene rings is 3. The van der Waals surface area contributed by atoms with E-state index in [2.05, 4.69) is 27.1 Å². The summed E-state index contributed by atoms with van der Waals surface area (Å²) < 4.78 is 8.16. The van der Waals surface area contributed by atoms with Crippen LogP contribution in [0.1, 0.15) is 18.9 Å². The molecule has 1 saturated heterocycles. The average Bonchev–Trinajstić information content (AvgIpc) is 3.33. The summed E-state index contributed by atoms with van der Waals surface area (Å²) in [6, 6.07) is 28.4. The Balaban J connectivity index is 1.48. The molecule has 2 aromatic heterocycles. The molecule has 0 radical (unpaired) electrons. The van der Waals surface area contributed by atoms with Crippen molar-refractivity contribution in [1.82, 2.24) is 20.1 Å². The minimum Gasteiger partial charge on any atom is -0.457 e. The van der Waals surface area contributed by atoms with E-state index in [9.17, 15) is 0 Å². The van der Waals surface area contributed by atoms with E-state index >= 15 is 0 Å². The first-order valence-corrected chi connectivity index (χ1v) is 12.0. The van der Waals surface area contributed by atoms with Gasteiger partial charge in [0.05, 0.1) is 16.9 Å². The predicted octanol–water partition coefficient (Wildman–Crippen LogP) is 6.06. The number of aromatic nitrogens is 3. The molecular formula is C29H27N5O. The van der Waals surface area contributed by atoms with E-state index in [0.717, 1.165) is 70.7 Å². The van der Waals surface area contributed by atoms with Gasteiger partial charge in [-0.05, 0) is 61.3 Å². The number of piperidine rings is 1. The van der Waals surface area contributed by atoms with Gasteiger partial charge >= 0.3 is 0 Å². The van der Waals surface area contributed by atoms with Gasteiger partial charge in [0.15, 0.2) is 0 Å². The van der Waals surface area contributed by atoms with Crippen molar-refractivity contribution in [2.75, 3.05) is 18.8 Å². The first kappa shape index (κ1) is 21.4. The Kier molecular flexibility index (Phi) is 5.64. The number of rotatable bonds is 5. The molecule has 1 aliphatic heterocycles. The van der Waals surface area contributed by atoms with Crippen molar-refractivity contribution in [2.24, 2.45) is 0 Å². The van der Waals surface area contributed by atoms with Crippen molar-refractivity contribution in [3.05, 3.63) is 91.1 Å². The third kappa shape index (κ3) is 4.13. The van der Waals surface area contributed by atoms with Crippen LogP contribution in [-0.4, -0.2) is 27.9 Å². The number of ether oxygens (including phenoxy) is 1. The molecule has 6 heteroatoms. The molecule has 0 amide bonds. The van der Waals surface area contributed by atoms with Gasteiger partial charge in [-0.3, -0.25) is 4.68 Å². The summed E-state index contributed by atoms with van der Waals surface area (Å²) >= 11 is 0. The summed E-state index contributed by atoms with van der Waals surface area (Å²) in [7, 11) is 0. The quantitative estimate of drug-likeness (QED) is 0.332. The Morgan fingerprint density at radius 3 is 2.29 bits per heavy atom. The van der Waals surface area contributed by atoms with E-state index in [0.29, 0.717) is 5.82 Å². The number of nitrogens with two attached hydrogens (primary N) is 1. The van der Waals surface area contributed by atoms with E-state index in [1.54, 1.807) is 0 Å². The van der Waals surface area contributed by atoms with Gasteiger partial charge in [0, 0.05) is 23.9 Å². The first-order chi connectivity index (χ1) is 17.3. The lowest BCUT2D eigenvalue weighted by atomic mass is 10.0. The molecule has 35 heavy (non-hydrogen) atoms. The molecule has 1 unspecified atom stereocenters. The van der Waals surface area contributed by atoms with Crippen LogP contribution in [0, 0.1) is 0 Å². The number of para-hydroxylation sites is 1. The highest BCUT2D eigenvalue weighted by atomic mass is 16.5. The van der Waals surface area contributed by atoms with Gasteiger partial charge in [-0.1, -0.05) is 48.5 Å². The van der Waals surface area contributed by atoms with Gasteiger partial charge in [0.25, 0.3) is 0 Å². The summed E-state index contributed by atoms with van der Waals surface area (Å²) in [5.74, 6) is 2.08. The molecule has 3 N–H and O–H groups in total. The zero-order valence-corrected chi connectivity index (χ0v) is 19.4. The molecule has 0 spiro atoms. The highest BCUT2D eigenvalue weighted by Gasteiger charge is 2.25. The predicted molar refractivity (Wildman–Crippen MR) is 140 cm³/mol. The number of anilines is 1. The van der Waals surface area contributed by atoms with Crippen LogP contribution < -0.4 is 15.8 Å². The highest BCUT2D eigenvalue weighted by molar-refractivity contribution is 6.06. The third-order valence-corrected chi connectivity index (χ3v) is 6.56. The normalized spacial score (nSPS) is 15.8. The van der Waals surface area contributed by atoms with Gasteiger partial charge in [0.1, 0.15) is 23.0 Å². The zero-order chi connectivity index (χ0) is 23.6. The molecule has 6 rings (SSSR count). The molecule has 174 valence electrons. The second-order valence-corrected chi connectivity index (χ2v) is 8.88. The fraction of sp³-hybridized carbons (Fsp3) is 0.172. The van der Waals surface area contributed by atoms with Crippen LogP contribution in [0.25, 0.3) is 33.3 Å². The molecule has 1 atom stereocenters. The van der Waals surface area contributed by atoms with E-state index in [1.165, 1.54) is 0 Å². The first-order valence-electron chi connectivity index (χ1n) is 12.0. The molecule has 6 nitrogen and oxygen atoms in total. The molecule has 0 bridgehead atoms. The standard InChI is InChI=1S/C29H27N5O/c30-29-26-27(21-13-15-24(16-14-21)35-23-11-5-2-6-12-23)33-34(22-10-7-17-31-18-22)28(26)25(19-32-29)20-8-3-1-4-9-20/h1-6,8-9,11-16,19,22,31H,7,10,17-18H2,(H2,30,32). The van der Waals surface area contributed by atoms with Crippen molar-refractivity contribution in [3.8, 4) is 33.9 Å². The molecule has 0 aliphatic carbocycles. The number of nitrogen functional groups attached to an aromatic ring is 1. The maximum absolute atomic E-state index is 6.51. The topological polar surface area (TPSA) is 78.0 Å². The van der Waals surface area contributed by atoms with Crippen molar-refractivity contribution in [3.63, 3.8) is 0 Å². The van der Waals surface area contributed by atoms with Gasteiger partial charge in [0.2, 0.25) is 0 Å². The molecule has 1 fully saturated rings. The fourth-order valence-electron chi connectivity index (χ4n) is 4.84. The summed E-state index contributed by atoms with van der Waals surface area (Å²) in [5.41, 5.74) is 11.5. The van der Waals surface area contributed by atoms with Crippen LogP contribution in [0.5, 0.6) is 11.5 Å². The number of pyridine rings is 1. The number of fused-ring (bicyclic) bond motifs is 1. The lowest BCUT2D eigenvalue weighted by molar-refractivity contribution is 0.355. The number of nitrogens with one attached hydrogen (secondary N) is 1. The average molecular weight is 462 g/mol. The zero-order valence-electron chi connectivity index (χ0n) is 19.4. The summed E-state index contributed by atoms with van der Waals surface area (Å²) in [6.45, 7) is 1.93. The second-order valence-electron chi connectivity index (χ2n) is 8.88. The maximum Gasteiger partial charge on any atom is 0.135 e. The summed E-state index contributed by atoms with van der Waals surface area (Å²) in [4.78, 5) is 4.59. The van der Waals surface area contributed by atoms with Crippen LogP contribution in [0.3, 0.4) is 0 Å². The number of nitrogens with zero attached hydrogens (tertiary/aromatic N) is 3. The van der Waals surface area contributed by atoms with Crippen LogP contribution in [0.2, 0.25) is 0 Å². The van der Waals surface area contributed by atoms with Crippen molar-refractivity contribution in [1.29, 1.82) is 0 Å². The number of hydrogen-bond acceptors (Lipinski definition) is 5. The largest absolute Gasteiger partial charge is 0.457 e. The van der Waals surface area contributed by atoms with Gasteiger partial charge in [-0.15, -0.1) is 0 Å². The van der Waals surface area contributed by atoms with E-state index in [-0.39, 0.29) is 6.04 Å². The third-order valence-electron chi connectivity index (χ3n) is 6.56. The maximum atomic E-state index is 6.51. The number of hydrogen-bond donors (Lipinski definition) is 2.